The summed E-state index contributed by atoms with van der Waals surface area (Å²) in [5, 5.41) is 6.81. The molecule has 2 nitrogen and oxygen atoms in total. The third kappa shape index (κ3) is 2.40. The van der Waals surface area contributed by atoms with Gasteiger partial charge < -0.3 is 0 Å². The predicted molar refractivity (Wildman–Crippen MR) is 57.9 cm³/mol. The van der Waals surface area contributed by atoms with E-state index in [1.807, 2.05) is 18.2 Å². The van der Waals surface area contributed by atoms with Gasteiger partial charge in [-0.1, -0.05) is 41.3 Å². The Hall–Kier alpha value is -0.650. The van der Waals surface area contributed by atoms with E-state index in [1.54, 1.807) is 11.8 Å². The maximum absolute atomic E-state index is 4.94. The van der Waals surface area contributed by atoms with Crippen molar-refractivity contribution in [3.63, 3.8) is 0 Å². The largest absolute Gasteiger partial charge is 0.257 e. The van der Waals surface area contributed by atoms with Crippen LogP contribution >= 0.6 is 35.3 Å². The first-order valence-electron chi connectivity index (χ1n) is 3.63. The average Bonchev–Trinajstić information content (AvgIpc) is 2.53. The topological polar surface area (TPSA) is 28.7 Å². The molecule has 1 heterocycles. The van der Waals surface area contributed by atoms with Gasteiger partial charge in [0.05, 0.1) is 0 Å². The summed E-state index contributed by atoms with van der Waals surface area (Å²) in [6.07, 6.45) is 0. The maximum Gasteiger partial charge on any atom is 0.177 e. The van der Waals surface area contributed by atoms with Gasteiger partial charge in [0.15, 0.2) is 8.29 Å². The molecule has 0 aliphatic heterocycles. The number of aromatic amines is 1. The molecule has 1 aromatic heterocycles. The molecule has 0 fully saturated rings. The van der Waals surface area contributed by atoms with E-state index in [1.165, 1.54) is 16.2 Å². The number of aromatic nitrogens is 2. The number of nitrogens with zero attached hydrogens (tertiary/aromatic N) is 1. The normalized spacial score (nSPS) is 10.2. The van der Waals surface area contributed by atoms with Gasteiger partial charge >= 0.3 is 0 Å². The van der Waals surface area contributed by atoms with Crippen LogP contribution in [0.1, 0.15) is 0 Å². The highest BCUT2D eigenvalue weighted by Gasteiger charge is 1.99. The Kier molecular flexibility index (Phi) is 2.77. The fourth-order valence-electron chi connectivity index (χ4n) is 0.849. The molecule has 2 rings (SSSR count). The van der Waals surface area contributed by atoms with E-state index in [-0.39, 0.29) is 0 Å². The van der Waals surface area contributed by atoms with Crippen LogP contribution in [-0.2, 0) is 0 Å². The molecule has 0 bridgehead atoms. The molecule has 0 saturated heterocycles. The number of hydrogen-bond acceptors (Lipinski definition) is 4. The van der Waals surface area contributed by atoms with E-state index in [2.05, 4.69) is 22.3 Å². The number of rotatable bonds is 2. The predicted octanol–water partition coefficient (Wildman–Crippen LogP) is 3.35. The molecule has 1 aromatic carbocycles. The summed E-state index contributed by atoms with van der Waals surface area (Å²) in [4.78, 5) is 1.18. The third-order valence-electron chi connectivity index (χ3n) is 1.37. The first-order chi connectivity index (χ1) is 6.34. The first-order valence-corrected chi connectivity index (χ1v) is 5.67. The average molecular weight is 226 g/mol. The van der Waals surface area contributed by atoms with E-state index in [0.29, 0.717) is 0 Å². The van der Waals surface area contributed by atoms with Crippen LogP contribution in [0.2, 0.25) is 0 Å². The van der Waals surface area contributed by atoms with Gasteiger partial charge in [-0.2, -0.15) is 5.10 Å². The van der Waals surface area contributed by atoms with Crippen molar-refractivity contribution in [3.8, 4) is 0 Å². The van der Waals surface area contributed by atoms with Crippen LogP contribution in [0, 0.1) is 3.95 Å². The lowest BCUT2D eigenvalue weighted by atomic mass is 10.4. The van der Waals surface area contributed by atoms with Gasteiger partial charge in [0.1, 0.15) is 0 Å². The molecule has 1 N–H and O–H groups in total. The minimum Gasteiger partial charge on any atom is -0.257 e. The van der Waals surface area contributed by atoms with Gasteiger partial charge in [-0.15, -0.1) is 0 Å². The van der Waals surface area contributed by atoms with Crippen LogP contribution in [0.4, 0.5) is 0 Å². The monoisotopic (exact) mass is 226 g/mol. The second kappa shape index (κ2) is 4.04. The molecule has 5 heteroatoms. The minimum atomic E-state index is 0.721. The van der Waals surface area contributed by atoms with Gasteiger partial charge in [0, 0.05) is 4.90 Å². The summed E-state index contributed by atoms with van der Waals surface area (Å²) >= 11 is 8.05. The third-order valence-corrected chi connectivity index (χ3v) is 3.52. The Morgan fingerprint density at radius 1 is 1.31 bits per heavy atom. The lowest BCUT2D eigenvalue weighted by Gasteiger charge is -1.93. The van der Waals surface area contributed by atoms with Crippen molar-refractivity contribution in [3.05, 3.63) is 34.3 Å². The SMILES string of the molecule is S=c1[nH]nc(Sc2ccccc2)s1. The zero-order valence-corrected chi connectivity index (χ0v) is 9.01. The van der Waals surface area contributed by atoms with E-state index in [0.717, 1.165) is 8.29 Å². The maximum atomic E-state index is 4.94. The second-order valence-corrected chi connectivity index (χ2v) is 5.28. The summed E-state index contributed by atoms with van der Waals surface area (Å²) in [6.45, 7) is 0. The highest BCUT2D eigenvalue weighted by molar-refractivity contribution is 8.01. The zero-order chi connectivity index (χ0) is 9.10. The highest BCUT2D eigenvalue weighted by Crippen LogP contribution is 2.28. The molecule has 13 heavy (non-hydrogen) atoms. The van der Waals surface area contributed by atoms with Gasteiger partial charge in [-0.25, -0.2) is 0 Å². The molecule has 2 aromatic rings. The standard InChI is InChI=1S/C8H6N2S3/c11-7-9-10-8(13-7)12-6-4-2-1-3-5-6/h1-5H,(H,9,11). The smallest absolute Gasteiger partial charge is 0.177 e. The van der Waals surface area contributed by atoms with Crippen molar-refractivity contribution in [2.45, 2.75) is 9.24 Å². The molecular weight excluding hydrogens is 220 g/mol. The quantitative estimate of drug-likeness (QED) is 0.796. The Morgan fingerprint density at radius 3 is 2.69 bits per heavy atom. The van der Waals surface area contributed by atoms with Crippen molar-refractivity contribution in [1.82, 2.24) is 10.2 Å². The van der Waals surface area contributed by atoms with Crippen molar-refractivity contribution >= 4 is 35.3 Å². The summed E-state index contributed by atoms with van der Waals surface area (Å²) in [6, 6.07) is 10.1. The summed E-state index contributed by atoms with van der Waals surface area (Å²) in [5.74, 6) is 0. The van der Waals surface area contributed by atoms with Crippen molar-refractivity contribution < 1.29 is 0 Å². The molecule has 66 valence electrons. The van der Waals surface area contributed by atoms with Gasteiger partial charge in [0.2, 0.25) is 0 Å². The molecule has 0 radical (unpaired) electrons. The van der Waals surface area contributed by atoms with E-state index < -0.39 is 0 Å². The number of hydrogen-bond donors (Lipinski definition) is 1. The van der Waals surface area contributed by atoms with Crippen LogP contribution in [0.5, 0.6) is 0 Å². The number of nitrogens with one attached hydrogen (secondary N) is 1. The Morgan fingerprint density at radius 2 is 2.08 bits per heavy atom. The molecule has 0 aliphatic rings. The Labute approximate surface area is 89.0 Å². The second-order valence-electron chi connectivity index (χ2n) is 2.29. The molecule has 0 amide bonds. The molecular formula is C8H6N2S3. The Bertz CT molecular complexity index is 432. The van der Waals surface area contributed by atoms with Gasteiger partial charge in [0.25, 0.3) is 0 Å². The van der Waals surface area contributed by atoms with Crippen molar-refractivity contribution in [2.24, 2.45) is 0 Å². The zero-order valence-electron chi connectivity index (χ0n) is 6.56. The highest BCUT2D eigenvalue weighted by atomic mass is 32.2. The molecule has 0 aliphatic carbocycles. The first kappa shape index (κ1) is 8.93. The van der Waals surface area contributed by atoms with Crippen molar-refractivity contribution in [2.75, 3.05) is 0 Å². The van der Waals surface area contributed by atoms with Gasteiger partial charge in [-0.3, -0.25) is 5.10 Å². The summed E-state index contributed by atoms with van der Waals surface area (Å²) < 4.78 is 1.68. The summed E-state index contributed by atoms with van der Waals surface area (Å²) in [7, 11) is 0. The Balaban J connectivity index is 2.20. The van der Waals surface area contributed by atoms with Crippen LogP contribution < -0.4 is 0 Å². The lowest BCUT2D eigenvalue weighted by molar-refractivity contribution is 1.00. The lowest BCUT2D eigenvalue weighted by Crippen LogP contribution is -1.71. The van der Waals surface area contributed by atoms with Crippen LogP contribution in [0.15, 0.2) is 39.6 Å². The molecule has 0 spiro atoms. The van der Waals surface area contributed by atoms with E-state index in [4.69, 9.17) is 12.2 Å². The summed E-state index contributed by atoms with van der Waals surface area (Å²) in [5.41, 5.74) is 0. The van der Waals surface area contributed by atoms with E-state index in [9.17, 15) is 0 Å². The van der Waals surface area contributed by atoms with Crippen molar-refractivity contribution in [1.29, 1.82) is 0 Å². The number of benzene rings is 1. The van der Waals surface area contributed by atoms with Gasteiger partial charge in [-0.05, 0) is 24.4 Å². The van der Waals surface area contributed by atoms with Crippen LogP contribution in [0.3, 0.4) is 0 Å². The molecule has 0 atom stereocenters. The molecule has 0 unspecified atom stereocenters. The fourth-order valence-corrected chi connectivity index (χ4v) is 2.92. The minimum absolute atomic E-state index is 0.721. The van der Waals surface area contributed by atoms with Crippen LogP contribution in [0.25, 0.3) is 0 Å². The molecule has 0 saturated carbocycles. The van der Waals surface area contributed by atoms with Crippen LogP contribution in [-0.4, -0.2) is 10.2 Å². The number of H-pyrrole nitrogens is 1. The fraction of sp³-hybridized carbons (Fsp3) is 0. The van der Waals surface area contributed by atoms with E-state index >= 15 is 0 Å².